The van der Waals surface area contributed by atoms with Gasteiger partial charge in [0, 0.05) is 13.1 Å². The van der Waals surface area contributed by atoms with Gasteiger partial charge in [-0.2, -0.15) is 12.7 Å². The Balaban J connectivity index is 2.17. The topological polar surface area (TPSA) is 49.4 Å². The maximum Gasteiger partial charge on any atom is 0.301 e. The maximum atomic E-state index is 13.5. The number of alkyl halides is 1. The molecule has 0 saturated carbocycles. The number of halogens is 3. The molecule has 1 N–H and O–H groups in total. The van der Waals surface area contributed by atoms with Gasteiger partial charge in [-0.3, -0.25) is 4.72 Å². The van der Waals surface area contributed by atoms with Gasteiger partial charge in [-0.25, -0.2) is 8.78 Å². The van der Waals surface area contributed by atoms with Crippen molar-refractivity contribution in [3.05, 3.63) is 29.0 Å². The molecule has 2 rings (SSSR count). The molecule has 0 bridgehead atoms. The number of nitrogens with zero attached hydrogens (tertiary/aromatic N) is 1. The minimum Gasteiger partial charge on any atom is -0.266 e. The molecular weight excluding hydrogens is 298 g/mol. The minimum absolute atomic E-state index is 0.0241. The van der Waals surface area contributed by atoms with Crippen LogP contribution in [-0.4, -0.2) is 32.0 Å². The molecule has 1 aliphatic rings. The van der Waals surface area contributed by atoms with E-state index in [1.54, 1.807) is 0 Å². The lowest BCUT2D eigenvalue weighted by molar-refractivity contribution is 0.211. The molecule has 1 aromatic rings. The predicted molar refractivity (Wildman–Crippen MR) is 69.7 cm³/mol. The first-order chi connectivity index (χ1) is 8.90. The molecule has 0 unspecified atom stereocenters. The number of rotatable bonds is 3. The van der Waals surface area contributed by atoms with Crippen LogP contribution < -0.4 is 4.72 Å². The largest absolute Gasteiger partial charge is 0.301 e. The van der Waals surface area contributed by atoms with E-state index in [1.165, 1.54) is 12.1 Å². The minimum atomic E-state index is -3.91. The van der Waals surface area contributed by atoms with Gasteiger partial charge < -0.3 is 0 Å². The van der Waals surface area contributed by atoms with Crippen LogP contribution in [0.2, 0.25) is 5.02 Å². The van der Waals surface area contributed by atoms with Crippen LogP contribution in [0.5, 0.6) is 0 Å². The third kappa shape index (κ3) is 3.34. The molecule has 1 heterocycles. The third-order valence-electron chi connectivity index (χ3n) is 2.92. The molecule has 0 radical (unpaired) electrons. The summed E-state index contributed by atoms with van der Waals surface area (Å²) in [7, 11) is -3.91. The summed E-state index contributed by atoms with van der Waals surface area (Å²) in [5.74, 6) is -0.753. The fourth-order valence-electron chi connectivity index (χ4n) is 1.85. The molecule has 0 amide bonds. The van der Waals surface area contributed by atoms with E-state index in [1.807, 2.05) is 0 Å². The molecular formula is C11H13ClF2N2O2S. The van der Waals surface area contributed by atoms with E-state index < -0.39 is 22.2 Å². The van der Waals surface area contributed by atoms with Gasteiger partial charge in [-0.1, -0.05) is 17.7 Å². The van der Waals surface area contributed by atoms with E-state index in [0.29, 0.717) is 0 Å². The zero-order valence-corrected chi connectivity index (χ0v) is 11.5. The van der Waals surface area contributed by atoms with Gasteiger partial charge in [0.25, 0.3) is 0 Å². The molecule has 1 fully saturated rings. The Kier molecular flexibility index (Phi) is 4.27. The summed E-state index contributed by atoms with van der Waals surface area (Å²) in [6, 6.07) is 3.87. The van der Waals surface area contributed by atoms with E-state index in [9.17, 15) is 17.2 Å². The average molecular weight is 311 g/mol. The number of hydrogen-bond donors (Lipinski definition) is 1. The predicted octanol–water partition coefficient (Wildman–Crippen LogP) is 2.57. The highest BCUT2D eigenvalue weighted by Gasteiger charge is 2.28. The molecule has 1 aromatic carbocycles. The summed E-state index contributed by atoms with van der Waals surface area (Å²) < 4.78 is 53.8. The van der Waals surface area contributed by atoms with Crippen molar-refractivity contribution < 1.29 is 17.2 Å². The molecule has 0 aromatic heterocycles. The van der Waals surface area contributed by atoms with Crippen molar-refractivity contribution in [2.75, 3.05) is 17.8 Å². The number of anilines is 1. The third-order valence-corrected chi connectivity index (χ3v) is 4.74. The monoisotopic (exact) mass is 310 g/mol. The lowest BCUT2D eigenvalue weighted by atomic mass is 10.1. The summed E-state index contributed by atoms with van der Waals surface area (Å²) in [6.45, 7) is 0.144. The zero-order valence-electron chi connectivity index (χ0n) is 9.94. The van der Waals surface area contributed by atoms with Gasteiger partial charge in [0.05, 0.1) is 5.02 Å². The SMILES string of the molecule is O=S(=O)(Nc1c(F)cccc1Cl)N1CCC(F)CC1. The smallest absolute Gasteiger partial charge is 0.266 e. The number of nitrogens with one attached hydrogen (secondary N) is 1. The molecule has 4 nitrogen and oxygen atoms in total. The second kappa shape index (κ2) is 5.60. The first-order valence-corrected chi connectivity index (χ1v) is 7.58. The molecule has 106 valence electrons. The second-order valence-corrected chi connectivity index (χ2v) is 6.36. The molecule has 19 heavy (non-hydrogen) atoms. The summed E-state index contributed by atoms with van der Waals surface area (Å²) in [5, 5.41) is -0.0241. The van der Waals surface area contributed by atoms with Gasteiger partial charge in [-0.05, 0) is 25.0 Å². The van der Waals surface area contributed by atoms with Crippen LogP contribution >= 0.6 is 11.6 Å². The van der Waals surface area contributed by atoms with Crippen LogP contribution in [0, 0.1) is 5.82 Å². The average Bonchev–Trinajstić information content (AvgIpc) is 2.35. The van der Waals surface area contributed by atoms with Crippen molar-refractivity contribution in [2.45, 2.75) is 19.0 Å². The van der Waals surface area contributed by atoms with Crippen molar-refractivity contribution in [2.24, 2.45) is 0 Å². The van der Waals surface area contributed by atoms with Crippen molar-refractivity contribution in [3.63, 3.8) is 0 Å². The summed E-state index contributed by atoms with van der Waals surface area (Å²) in [5.41, 5.74) is -0.286. The van der Waals surface area contributed by atoms with E-state index in [2.05, 4.69) is 4.72 Å². The van der Waals surface area contributed by atoms with Crippen LogP contribution in [0.4, 0.5) is 14.5 Å². The number of piperidine rings is 1. The van der Waals surface area contributed by atoms with Crippen molar-refractivity contribution in [1.82, 2.24) is 4.31 Å². The second-order valence-electron chi connectivity index (χ2n) is 4.28. The highest BCUT2D eigenvalue weighted by Crippen LogP contribution is 2.27. The van der Waals surface area contributed by atoms with Gasteiger partial charge in [0.15, 0.2) is 0 Å². The van der Waals surface area contributed by atoms with Crippen LogP contribution in [0.3, 0.4) is 0 Å². The van der Waals surface area contributed by atoms with E-state index in [-0.39, 0.29) is 36.6 Å². The Morgan fingerprint density at radius 2 is 1.95 bits per heavy atom. The highest BCUT2D eigenvalue weighted by atomic mass is 35.5. The first-order valence-electron chi connectivity index (χ1n) is 5.76. The van der Waals surface area contributed by atoms with Crippen LogP contribution in [0.25, 0.3) is 0 Å². The Bertz CT molecular complexity index is 540. The fraction of sp³-hybridized carbons (Fsp3) is 0.455. The summed E-state index contributed by atoms with van der Waals surface area (Å²) >= 11 is 5.75. The van der Waals surface area contributed by atoms with E-state index >= 15 is 0 Å². The quantitative estimate of drug-likeness (QED) is 0.933. The van der Waals surface area contributed by atoms with Gasteiger partial charge in [0.1, 0.15) is 17.7 Å². The van der Waals surface area contributed by atoms with Crippen LogP contribution in [0.15, 0.2) is 18.2 Å². The summed E-state index contributed by atoms with van der Waals surface area (Å²) in [6.07, 6.45) is -0.693. The first kappa shape index (κ1) is 14.5. The van der Waals surface area contributed by atoms with Gasteiger partial charge >= 0.3 is 10.2 Å². The lowest BCUT2D eigenvalue weighted by Gasteiger charge is -2.28. The molecule has 8 heteroatoms. The molecule has 1 saturated heterocycles. The van der Waals surface area contributed by atoms with Gasteiger partial charge in [-0.15, -0.1) is 0 Å². The molecule has 1 aliphatic heterocycles. The Morgan fingerprint density at radius 1 is 1.32 bits per heavy atom. The maximum absolute atomic E-state index is 13.5. The van der Waals surface area contributed by atoms with Crippen LogP contribution in [0.1, 0.15) is 12.8 Å². The van der Waals surface area contributed by atoms with Gasteiger partial charge in [0.2, 0.25) is 0 Å². The normalized spacial score (nSPS) is 18.5. The zero-order chi connectivity index (χ0) is 14.0. The fourth-order valence-corrected chi connectivity index (χ4v) is 3.41. The Hall–Kier alpha value is -0.920. The lowest BCUT2D eigenvalue weighted by Crippen LogP contribution is -2.42. The van der Waals surface area contributed by atoms with Crippen LogP contribution in [-0.2, 0) is 10.2 Å². The number of benzene rings is 1. The molecule has 0 spiro atoms. The molecule has 0 atom stereocenters. The van der Waals surface area contributed by atoms with E-state index in [0.717, 1.165) is 10.4 Å². The Labute approximate surface area is 115 Å². The standard InChI is InChI=1S/C11H13ClF2N2O2S/c12-9-2-1-3-10(14)11(9)15-19(17,18)16-6-4-8(13)5-7-16/h1-3,8,15H,4-7H2. The highest BCUT2D eigenvalue weighted by molar-refractivity contribution is 7.90. The number of para-hydroxylation sites is 1. The number of hydrogen-bond acceptors (Lipinski definition) is 2. The van der Waals surface area contributed by atoms with Crippen molar-refractivity contribution in [1.29, 1.82) is 0 Å². The summed E-state index contributed by atoms with van der Waals surface area (Å²) in [4.78, 5) is 0. The van der Waals surface area contributed by atoms with E-state index in [4.69, 9.17) is 11.6 Å². The molecule has 0 aliphatic carbocycles. The van der Waals surface area contributed by atoms with Crippen molar-refractivity contribution in [3.8, 4) is 0 Å². The van der Waals surface area contributed by atoms with Crippen molar-refractivity contribution >= 4 is 27.5 Å². The Morgan fingerprint density at radius 3 is 2.53 bits per heavy atom.